The smallest absolute Gasteiger partial charge is 0.289 e. The van der Waals surface area contributed by atoms with Gasteiger partial charge in [0.2, 0.25) is 0 Å². The third-order valence-electron chi connectivity index (χ3n) is 3.11. The van der Waals surface area contributed by atoms with Crippen molar-refractivity contribution in [3.8, 4) is 0 Å². The second-order valence-electron chi connectivity index (χ2n) is 4.20. The van der Waals surface area contributed by atoms with Crippen LogP contribution >= 0.6 is 11.8 Å². The predicted octanol–water partition coefficient (Wildman–Crippen LogP) is 1.83. The molecule has 0 bridgehead atoms. The monoisotopic (exact) mass is 254 g/mol. The normalized spacial score (nSPS) is 20.6. The topological polar surface area (TPSA) is 45.5 Å². The standard InChI is InChI=1S/C12H18N2O2S/c1-13-9-4-3-7-14(8-9)12(15)10-5-6-11(16-10)17-2/h5-6,9,13H,3-4,7-8H2,1-2H3. The fourth-order valence-corrected chi connectivity index (χ4v) is 2.48. The summed E-state index contributed by atoms with van der Waals surface area (Å²) in [7, 11) is 1.94. The number of piperidine rings is 1. The number of likely N-dealkylation sites (N-methyl/N-ethyl adjacent to an activating group) is 1. The summed E-state index contributed by atoms with van der Waals surface area (Å²) >= 11 is 1.51. The molecule has 5 heteroatoms. The summed E-state index contributed by atoms with van der Waals surface area (Å²) in [6.07, 6.45) is 4.12. The number of carbonyl (C=O) groups excluding carboxylic acids is 1. The number of carbonyl (C=O) groups is 1. The molecule has 0 spiro atoms. The molecular weight excluding hydrogens is 236 g/mol. The van der Waals surface area contributed by atoms with Crippen molar-refractivity contribution in [3.63, 3.8) is 0 Å². The lowest BCUT2D eigenvalue weighted by molar-refractivity contribution is 0.0660. The number of amides is 1. The van der Waals surface area contributed by atoms with E-state index in [0.29, 0.717) is 11.8 Å². The number of hydrogen-bond acceptors (Lipinski definition) is 4. The van der Waals surface area contributed by atoms with E-state index in [1.807, 2.05) is 24.3 Å². The lowest BCUT2D eigenvalue weighted by Gasteiger charge is -2.31. The molecule has 1 aliphatic heterocycles. The molecule has 1 atom stereocenters. The highest BCUT2D eigenvalue weighted by Gasteiger charge is 2.25. The van der Waals surface area contributed by atoms with E-state index in [9.17, 15) is 4.79 Å². The Bertz CT molecular complexity index is 392. The van der Waals surface area contributed by atoms with Crippen LogP contribution in [-0.2, 0) is 0 Å². The summed E-state index contributed by atoms with van der Waals surface area (Å²) in [5.41, 5.74) is 0. The van der Waals surface area contributed by atoms with Crippen molar-refractivity contribution in [1.29, 1.82) is 0 Å². The number of furan rings is 1. The summed E-state index contributed by atoms with van der Waals surface area (Å²) < 4.78 is 5.47. The van der Waals surface area contributed by atoms with Gasteiger partial charge in [-0.3, -0.25) is 4.79 Å². The van der Waals surface area contributed by atoms with Crippen molar-refractivity contribution in [2.24, 2.45) is 0 Å². The highest BCUT2D eigenvalue weighted by Crippen LogP contribution is 2.20. The SMILES string of the molecule is CNC1CCCN(C(=O)c2ccc(SC)o2)C1. The number of likely N-dealkylation sites (tertiary alicyclic amines) is 1. The molecule has 1 aliphatic rings. The Labute approximate surface area is 106 Å². The maximum Gasteiger partial charge on any atom is 0.289 e. The van der Waals surface area contributed by atoms with Crippen LogP contribution in [0, 0.1) is 0 Å². The fraction of sp³-hybridized carbons (Fsp3) is 0.583. The minimum absolute atomic E-state index is 0.00486. The van der Waals surface area contributed by atoms with Gasteiger partial charge in [0.05, 0.1) is 0 Å². The first kappa shape index (κ1) is 12.5. The average Bonchev–Trinajstić information content (AvgIpc) is 2.86. The molecule has 0 saturated carbocycles. The van der Waals surface area contributed by atoms with Crippen LogP contribution in [0.25, 0.3) is 0 Å². The van der Waals surface area contributed by atoms with E-state index in [4.69, 9.17) is 4.42 Å². The second-order valence-corrected chi connectivity index (χ2v) is 5.01. The molecule has 0 aromatic carbocycles. The largest absolute Gasteiger partial charge is 0.445 e. The molecule has 1 aromatic rings. The van der Waals surface area contributed by atoms with Crippen LogP contribution in [0.1, 0.15) is 23.4 Å². The van der Waals surface area contributed by atoms with E-state index >= 15 is 0 Å². The van der Waals surface area contributed by atoms with E-state index in [-0.39, 0.29) is 5.91 Å². The first-order valence-electron chi connectivity index (χ1n) is 5.85. The summed E-state index contributed by atoms with van der Waals surface area (Å²) in [6.45, 7) is 1.59. The number of thioether (sulfide) groups is 1. The van der Waals surface area contributed by atoms with Crippen molar-refractivity contribution in [1.82, 2.24) is 10.2 Å². The van der Waals surface area contributed by atoms with Gasteiger partial charge in [0.1, 0.15) is 0 Å². The maximum atomic E-state index is 12.2. The van der Waals surface area contributed by atoms with Gasteiger partial charge in [-0.05, 0) is 38.3 Å². The Morgan fingerprint density at radius 3 is 3.06 bits per heavy atom. The number of hydrogen-bond donors (Lipinski definition) is 1. The first-order chi connectivity index (χ1) is 8.24. The molecule has 1 N–H and O–H groups in total. The van der Waals surface area contributed by atoms with Gasteiger partial charge in [-0.1, -0.05) is 11.8 Å². The molecule has 0 aliphatic carbocycles. The van der Waals surface area contributed by atoms with E-state index in [1.165, 1.54) is 11.8 Å². The zero-order valence-electron chi connectivity index (χ0n) is 10.2. The van der Waals surface area contributed by atoms with Crippen molar-refractivity contribution in [2.45, 2.75) is 24.0 Å². The van der Waals surface area contributed by atoms with Gasteiger partial charge >= 0.3 is 0 Å². The van der Waals surface area contributed by atoms with Crippen molar-refractivity contribution >= 4 is 17.7 Å². The van der Waals surface area contributed by atoms with Crippen LogP contribution in [-0.4, -0.2) is 43.2 Å². The Balaban J connectivity index is 2.03. The number of nitrogens with one attached hydrogen (secondary N) is 1. The summed E-state index contributed by atoms with van der Waals surface area (Å²) in [5, 5.41) is 4.02. The Morgan fingerprint density at radius 1 is 1.59 bits per heavy atom. The van der Waals surface area contributed by atoms with Gasteiger partial charge in [-0.2, -0.15) is 0 Å². The highest BCUT2D eigenvalue weighted by molar-refractivity contribution is 7.98. The molecule has 1 amide bonds. The van der Waals surface area contributed by atoms with Gasteiger partial charge < -0.3 is 14.6 Å². The zero-order chi connectivity index (χ0) is 12.3. The second kappa shape index (κ2) is 5.60. The lowest BCUT2D eigenvalue weighted by atomic mass is 10.1. The third-order valence-corrected chi connectivity index (χ3v) is 3.73. The van der Waals surface area contributed by atoms with Crippen molar-refractivity contribution in [3.05, 3.63) is 17.9 Å². The number of rotatable bonds is 3. The summed E-state index contributed by atoms with van der Waals surface area (Å²) in [5.74, 6) is 0.455. The molecular formula is C12H18N2O2S. The van der Waals surface area contributed by atoms with Crippen LogP contribution in [0.5, 0.6) is 0 Å². The number of nitrogens with zero attached hydrogens (tertiary/aromatic N) is 1. The van der Waals surface area contributed by atoms with Crippen LogP contribution < -0.4 is 5.32 Å². The van der Waals surface area contributed by atoms with Gasteiger partial charge in [0.15, 0.2) is 10.9 Å². The minimum Gasteiger partial charge on any atom is -0.445 e. The first-order valence-corrected chi connectivity index (χ1v) is 7.07. The van der Waals surface area contributed by atoms with E-state index in [2.05, 4.69) is 5.32 Å². The van der Waals surface area contributed by atoms with Crippen LogP contribution in [0.15, 0.2) is 21.6 Å². The van der Waals surface area contributed by atoms with Crippen LogP contribution in [0.2, 0.25) is 0 Å². The van der Waals surface area contributed by atoms with Crippen molar-refractivity contribution < 1.29 is 9.21 Å². The summed E-state index contributed by atoms with van der Waals surface area (Å²) in [4.78, 5) is 14.1. The molecule has 1 unspecified atom stereocenters. The van der Waals surface area contributed by atoms with E-state index in [1.54, 1.807) is 6.07 Å². The maximum absolute atomic E-state index is 12.2. The van der Waals surface area contributed by atoms with Gasteiger partial charge in [0, 0.05) is 19.1 Å². The Kier molecular flexibility index (Phi) is 4.12. The molecule has 1 aromatic heterocycles. The molecule has 0 radical (unpaired) electrons. The molecule has 2 rings (SSSR count). The minimum atomic E-state index is 0.00486. The zero-order valence-corrected chi connectivity index (χ0v) is 11.0. The summed E-state index contributed by atoms with van der Waals surface area (Å²) in [6, 6.07) is 4.01. The van der Waals surface area contributed by atoms with E-state index in [0.717, 1.165) is 31.0 Å². The van der Waals surface area contributed by atoms with E-state index < -0.39 is 0 Å². The lowest BCUT2D eigenvalue weighted by Crippen LogP contribution is -2.46. The fourth-order valence-electron chi connectivity index (χ4n) is 2.10. The quantitative estimate of drug-likeness (QED) is 0.836. The van der Waals surface area contributed by atoms with Crippen LogP contribution in [0.4, 0.5) is 0 Å². The molecule has 94 valence electrons. The Hall–Kier alpha value is -0.940. The Morgan fingerprint density at radius 2 is 2.41 bits per heavy atom. The molecule has 17 heavy (non-hydrogen) atoms. The predicted molar refractivity (Wildman–Crippen MR) is 68.5 cm³/mol. The highest BCUT2D eigenvalue weighted by atomic mass is 32.2. The van der Waals surface area contributed by atoms with Crippen LogP contribution in [0.3, 0.4) is 0 Å². The molecule has 1 saturated heterocycles. The van der Waals surface area contributed by atoms with Gasteiger partial charge in [0.25, 0.3) is 5.91 Å². The third kappa shape index (κ3) is 2.84. The van der Waals surface area contributed by atoms with Crippen molar-refractivity contribution in [2.75, 3.05) is 26.4 Å². The van der Waals surface area contributed by atoms with Gasteiger partial charge in [-0.15, -0.1) is 0 Å². The molecule has 2 heterocycles. The molecule has 1 fully saturated rings. The van der Waals surface area contributed by atoms with Gasteiger partial charge in [-0.25, -0.2) is 0 Å². The average molecular weight is 254 g/mol. The molecule has 4 nitrogen and oxygen atoms in total.